The maximum Gasteiger partial charge on any atom is 0.261 e. The molecule has 0 fully saturated rings. The van der Waals surface area contributed by atoms with Crippen molar-refractivity contribution in [3.8, 4) is 0 Å². The summed E-state index contributed by atoms with van der Waals surface area (Å²) in [5, 5.41) is 0. The number of para-hydroxylation sites is 2. The number of imide groups is 1. The van der Waals surface area contributed by atoms with E-state index in [1.807, 2.05) is 45.4 Å². The summed E-state index contributed by atoms with van der Waals surface area (Å²) in [6.07, 6.45) is 1.81. The van der Waals surface area contributed by atoms with E-state index in [1.54, 1.807) is 24.3 Å². The summed E-state index contributed by atoms with van der Waals surface area (Å²) in [4.78, 5) is 30.1. The fourth-order valence-electron chi connectivity index (χ4n) is 2.40. The molecule has 5 heteroatoms. The van der Waals surface area contributed by atoms with Gasteiger partial charge >= 0.3 is 0 Å². The van der Waals surface area contributed by atoms with E-state index >= 15 is 0 Å². The van der Waals surface area contributed by atoms with Gasteiger partial charge in [-0.15, -0.1) is 0 Å². The second kappa shape index (κ2) is 7.55. The molecule has 124 valence electrons. The SMILES string of the molecule is CC=Nc1ccccc1N(C)C.CN1C(=O)c2ccccc2C1=O. The number of fused-ring (bicyclic) bond motifs is 1. The third kappa shape index (κ3) is 3.51. The summed E-state index contributed by atoms with van der Waals surface area (Å²) in [5.74, 6) is -0.425. The molecule has 2 amide bonds. The Bertz CT molecular complexity index is 747. The van der Waals surface area contributed by atoms with Crippen LogP contribution in [0.5, 0.6) is 0 Å². The van der Waals surface area contributed by atoms with E-state index < -0.39 is 0 Å². The van der Waals surface area contributed by atoms with Crippen LogP contribution in [-0.4, -0.2) is 44.1 Å². The first kappa shape index (κ1) is 17.4. The third-order valence-electron chi connectivity index (χ3n) is 3.63. The van der Waals surface area contributed by atoms with Crippen LogP contribution in [0.4, 0.5) is 11.4 Å². The molecule has 2 aromatic carbocycles. The summed E-state index contributed by atoms with van der Waals surface area (Å²) >= 11 is 0. The van der Waals surface area contributed by atoms with Gasteiger partial charge in [-0.1, -0.05) is 24.3 Å². The monoisotopic (exact) mass is 323 g/mol. The van der Waals surface area contributed by atoms with Gasteiger partial charge in [0.05, 0.1) is 22.5 Å². The first-order valence-corrected chi connectivity index (χ1v) is 7.63. The molecule has 0 spiro atoms. The number of amides is 2. The average molecular weight is 323 g/mol. The number of hydrogen-bond acceptors (Lipinski definition) is 4. The second-order valence-corrected chi connectivity index (χ2v) is 5.49. The van der Waals surface area contributed by atoms with E-state index in [0.29, 0.717) is 11.1 Å². The molecule has 0 atom stereocenters. The van der Waals surface area contributed by atoms with Crippen molar-refractivity contribution < 1.29 is 9.59 Å². The van der Waals surface area contributed by atoms with E-state index in [9.17, 15) is 9.59 Å². The van der Waals surface area contributed by atoms with Crippen molar-refractivity contribution in [3.63, 3.8) is 0 Å². The molecule has 0 aliphatic carbocycles. The topological polar surface area (TPSA) is 53.0 Å². The molecule has 0 radical (unpaired) electrons. The Morgan fingerprint density at radius 3 is 1.92 bits per heavy atom. The van der Waals surface area contributed by atoms with Crippen LogP contribution in [-0.2, 0) is 0 Å². The van der Waals surface area contributed by atoms with Crippen molar-refractivity contribution in [1.29, 1.82) is 0 Å². The van der Waals surface area contributed by atoms with Gasteiger partial charge in [-0.2, -0.15) is 0 Å². The van der Waals surface area contributed by atoms with Crippen LogP contribution in [0.3, 0.4) is 0 Å². The largest absolute Gasteiger partial charge is 0.376 e. The van der Waals surface area contributed by atoms with Crippen LogP contribution >= 0.6 is 0 Å². The highest BCUT2D eigenvalue weighted by Gasteiger charge is 2.31. The molecule has 0 saturated carbocycles. The molecule has 0 bridgehead atoms. The highest BCUT2D eigenvalue weighted by atomic mass is 16.2. The van der Waals surface area contributed by atoms with Crippen LogP contribution in [0.2, 0.25) is 0 Å². The molecule has 1 heterocycles. The summed E-state index contributed by atoms with van der Waals surface area (Å²) in [6, 6.07) is 14.9. The number of nitrogens with zero attached hydrogens (tertiary/aromatic N) is 3. The molecule has 24 heavy (non-hydrogen) atoms. The number of benzene rings is 2. The lowest BCUT2D eigenvalue weighted by Crippen LogP contribution is -2.24. The number of anilines is 1. The zero-order valence-electron chi connectivity index (χ0n) is 14.4. The Kier molecular flexibility index (Phi) is 5.47. The van der Waals surface area contributed by atoms with Crippen molar-refractivity contribution in [2.24, 2.45) is 4.99 Å². The minimum Gasteiger partial charge on any atom is -0.376 e. The fraction of sp³-hybridized carbons (Fsp3) is 0.211. The predicted octanol–water partition coefficient (Wildman–Crippen LogP) is 3.39. The van der Waals surface area contributed by atoms with Crippen LogP contribution in [0.1, 0.15) is 27.6 Å². The molecule has 0 saturated heterocycles. The molecule has 0 N–H and O–H groups in total. The Labute approximate surface area is 142 Å². The summed E-state index contributed by atoms with van der Waals surface area (Å²) in [6.45, 7) is 1.92. The van der Waals surface area contributed by atoms with Crippen LogP contribution in [0.15, 0.2) is 53.5 Å². The Balaban J connectivity index is 0.000000174. The van der Waals surface area contributed by atoms with Crippen molar-refractivity contribution >= 4 is 29.4 Å². The highest BCUT2D eigenvalue weighted by molar-refractivity contribution is 6.21. The van der Waals surface area contributed by atoms with Gasteiger partial charge in [0.25, 0.3) is 11.8 Å². The Morgan fingerprint density at radius 1 is 0.917 bits per heavy atom. The van der Waals surface area contributed by atoms with Gasteiger partial charge in [-0.3, -0.25) is 19.5 Å². The maximum absolute atomic E-state index is 11.3. The van der Waals surface area contributed by atoms with Crippen molar-refractivity contribution in [2.75, 3.05) is 26.0 Å². The van der Waals surface area contributed by atoms with Gasteiger partial charge in [0.15, 0.2) is 0 Å². The Morgan fingerprint density at radius 2 is 1.42 bits per heavy atom. The van der Waals surface area contributed by atoms with Crippen LogP contribution in [0, 0.1) is 0 Å². The number of rotatable bonds is 2. The first-order chi connectivity index (χ1) is 11.5. The van der Waals surface area contributed by atoms with Crippen molar-refractivity contribution in [2.45, 2.75) is 6.92 Å². The van der Waals surface area contributed by atoms with Gasteiger partial charge in [0.2, 0.25) is 0 Å². The number of carbonyl (C=O) groups excluding carboxylic acids is 2. The first-order valence-electron chi connectivity index (χ1n) is 7.63. The van der Waals surface area contributed by atoms with E-state index in [0.717, 1.165) is 16.3 Å². The highest BCUT2D eigenvalue weighted by Crippen LogP contribution is 2.25. The number of hydrogen-bond donors (Lipinski definition) is 0. The lowest BCUT2D eigenvalue weighted by molar-refractivity contribution is 0.0693. The normalized spacial score (nSPS) is 12.9. The van der Waals surface area contributed by atoms with E-state index in [2.05, 4.69) is 16.0 Å². The molecule has 2 aromatic rings. The fourth-order valence-corrected chi connectivity index (χ4v) is 2.40. The zero-order valence-corrected chi connectivity index (χ0v) is 14.4. The molecular weight excluding hydrogens is 302 g/mol. The van der Waals surface area contributed by atoms with Gasteiger partial charge in [-0.05, 0) is 31.2 Å². The summed E-state index contributed by atoms with van der Waals surface area (Å²) in [5.41, 5.74) is 3.18. The molecule has 0 aromatic heterocycles. The van der Waals surface area contributed by atoms with Crippen LogP contribution < -0.4 is 4.90 Å². The van der Waals surface area contributed by atoms with E-state index in [1.165, 1.54) is 7.05 Å². The zero-order chi connectivity index (χ0) is 17.7. The molecule has 0 unspecified atom stereocenters. The average Bonchev–Trinajstić information content (AvgIpc) is 2.81. The smallest absolute Gasteiger partial charge is 0.261 e. The molecule has 3 rings (SSSR count). The van der Waals surface area contributed by atoms with E-state index in [4.69, 9.17) is 0 Å². The van der Waals surface area contributed by atoms with Gasteiger partial charge in [0, 0.05) is 27.4 Å². The van der Waals surface area contributed by atoms with Gasteiger partial charge in [-0.25, -0.2) is 0 Å². The molecule has 1 aliphatic rings. The quantitative estimate of drug-likeness (QED) is 0.629. The standard InChI is InChI=1S/C10H14N2.C9H7NO2/c1-4-11-9-7-5-6-8-10(9)12(2)3;1-10-8(11)6-4-2-3-5-7(6)9(10)12/h4-8H,1-3H3;2-5H,1H3. The van der Waals surface area contributed by atoms with Crippen molar-refractivity contribution in [1.82, 2.24) is 4.90 Å². The lowest BCUT2D eigenvalue weighted by Gasteiger charge is -2.14. The van der Waals surface area contributed by atoms with Crippen LogP contribution in [0.25, 0.3) is 0 Å². The minimum atomic E-state index is -0.212. The van der Waals surface area contributed by atoms with E-state index in [-0.39, 0.29) is 11.8 Å². The molecule has 1 aliphatic heterocycles. The van der Waals surface area contributed by atoms with Gasteiger partial charge < -0.3 is 4.90 Å². The molecule has 5 nitrogen and oxygen atoms in total. The summed E-state index contributed by atoms with van der Waals surface area (Å²) < 4.78 is 0. The maximum atomic E-state index is 11.3. The van der Waals surface area contributed by atoms with Gasteiger partial charge in [0.1, 0.15) is 0 Å². The minimum absolute atomic E-state index is 0.212. The Hall–Kier alpha value is -2.95. The third-order valence-corrected chi connectivity index (χ3v) is 3.63. The second-order valence-electron chi connectivity index (χ2n) is 5.49. The summed E-state index contributed by atoms with van der Waals surface area (Å²) in [7, 11) is 5.53. The van der Waals surface area contributed by atoms with Crippen molar-refractivity contribution in [3.05, 3.63) is 59.7 Å². The number of carbonyl (C=O) groups is 2. The lowest BCUT2D eigenvalue weighted by atomic mass is 10.1. The molecular formula is C19H21N3O2. The number of aliphatic imine (C=N–C) groups is 1. The predicted molar refractivity (Wildman–Crippen MR) is 97.5 cm³/mol.